The van der Waals surface area contributed by atoms with Crippen LogP contribution < -0.4 is 0 Å². The molecule has 0 aliphatic carbocycles. The standard InChI is InChI=1S/C16H48Si8.2C3H9Ge/c1-19(2,3)17(20(4,5)6)23(13,14)24(15,16)18(21(7,8)9)22(10,11)12;2*1-4(2)3/h1-16H3;2*1-3H3. The summed E-state index contributed by atoms with van der Waals surface area (Å²) in [5.41, 5.74) is 0. The zero-order valence-corrected chi connectivity index (χ0v) is 39.2. The van der Waals surface area contributed by atoms with Crippen molar-refractivity contribution in [3.05, 3.63) is 0 Å². The van der Waals surface area contributed by atoms with Gasteiger partial charge in [0.15, 0.2) is 0 Å². The van der Waals surface area contributed by atoms with Gasteiger partial charge in [0.1, 0.15) is 0 Å². The summed E-state index contributed by atoms with van der Waals surface area (Å²) in [4.78, 5) is 0. The van der Waals surface area contributed by atoms with E-state index in [1.54, 1.807) is 0 Å². The van der Waals surface area contributed by atoms with Gasteiger partial charge in [-0.05, 0) is 0 Å². The van der Waals surface area contributed by atoms with E-state index in [1.165, 1.54) is 0 Å². The van der Waals surface area contributed by atoms with Gasteiger partial charge in [0, 0.05) is 59.3 Å². The first-order chi connectivity index (χ1) is 13.4. The molecule has 0 nitrogen and oxygen atoms in total. The summed E-state index contributed by atoms with van der Waals surface area (Å²) >= 11 is -0.667. The van der Waals surface area contributed by atoms with Crippen molar-refractivity contribution in [3.8, 4) is 0 Å². The molecule has 0 fully saturated rings. The van der Waals surface area contributed by atoms with Gasteiger partial charge in [0.2, 0.25) is 0 Å². The molecule has 0 aromatic heterocycles. The first-order valence-corrected chi connectivity index (χ1v) is 55.3. The summed E-state index contributed by atoms with van der Waals surface area (Å²) in [6.07, 6.45) is 0. The quantitative estimate of drug-likeness (QED) is 0.233. The SMILES string of the molecule is C[Si](C)(C)[Si]([Si](C)(C)C)[Si](C)(C)[Si](C)(C)[Si]([Si](C)(C)C)[Si](C)(C)C.[CH3][Ge]([CH3])[CH3].[CH3][Ge]([CH3])[CH3]. The third-order valence-corrected chi connectivity index (χ3v) is 156. The predicted molar refractivity (Wildman–Crippen MR) is 187 cm³/mol. The van der Waals surface area contributed by atoms with Crippen LogP contribution in [0, 0.1) is 0 Å². The van der Waals surface area contributed by atoms with Crippen LogP contribution >= 0.6 is 0 Å². The molecule has 194 valence electrons. The van der Waals surface area contributed by atoms with Crippen LogP contribution in [0.3, 0.4) is 0 Å². The molecule has 0 unspecified atom stereocenters. The van der Waals surface area contributed by atoms with Gasteiger partial charge in [-0.2, -0.15) is 0 Å². The molecule has 0 saturated heterocycles. The Morgan fingerprint density at radius 2 is 0.406 bits per heavy atom. The Labute approximate surface area is 225 Å². The van der Waals surface area contributed by atoms with Crippen molar-refractivity contribution in [3.63, 3.8) is 0 Å². The van der Waals surface area contributed by atoms with Crippen LogP contribution in [0.1, 0.15) is 0 Å². The van der Waals surface area contributed by atoms with Crippen molar-refractivity contribution in [2.24, 2.45) is 0 Å². The minimum absolute atomic E-state index is 0.124. The summed E-state index contributed by atoms with van der Waals surface area (Å²) in [5.74, 6) is 14.0. The molecule has 0 amide bonds. The van der Waals surface area contributed by atoms with E-state index in [1.807, 2.05) is 0 Å². The summed E-state index contributed by atoms with van der Waals surface area (Å²) in [6.45, 7) is 44.6. The van der Waals surface area contributed by atoms with Crippen LogP contribution in [-0.4, -0.2) is 88.0 Å². The number of hydrogen-bond acceptors (Lipinski definition) is 0. The second-order valence-electron chi connectivity index (χ2n) is 16.0. The monoisotopic (exact) mass is 702 g/mol. The van der Waals surface area contributed by atoms with Crippen LogP contribution in [0.5, 0.6) is 0 Å². The molecule has 0 N–H and O–H groups in total. The first-order valence-electron chi connectivity index (χ1n) is 12.8. The van der Waals surface area contributed by atoms with E-state index in [-0.39, 0.29) is 43.4 Å². The normalized spacial score (nSPS) is 14.4. The molecule has 0 aromatic carbocycles. The Hall–Kier alpha value is 2.82. The third-order valence-electron chi connectivity index (χ3n) is 5.81. The summed E-state index contributed by atoms with van der Waals surface area (Å²) in [5, 5.41) is 0. The van der Waals surface area contributed by atoms with Gasteiger partial charge in [0.25, 0.3) is 0 Å². The second-order valence-corrected chi connectivity index (χ2v) is 109. The van der Waals surface area contributed by atoms with Crippen LogP contribution in [0.15, 0.2) is 0 Å². The molecule has 0 aromatic rings. The van der Waals surface area contributed by atoms with E-state index in [9.17, 15) is 0 Å². The van der Waals surface area contributed by atoms with Gasteiger partial charge < -0.3 is 0 Å². The zero-order chi connectivity index (χ0) is 27.3. The maximum atomic E-state index is 2.93. The summed E-state index contributed by atoms with van der Waals surface area (Å²) in [7, 11) is -6.61. The number of rotatable bonds is 7. The molecule has 0 heterocycles. The minimum atomic E-state index is -1.13. The molecule has 0 rings (SSSR count). The van der Waals surface area contributed by atoms with Gasteiger partial charge in [-0.15, -0.1) is 0 Å². The van der Waals surface area contributed by atoms with Crippen LogP contribution in [-0.2, 0) is 0 Å². The van der Waals surface area contributed by atoms with Gasteiger partial charge in [0.05, 0.1) is 0 Å². The summed E-state index contributed by atoms with van der Waals surface area (Å²) < 4.78 is 0. The fraction of sp³-hybridized carbons (Fsp3) is 1.00. The average Bonchev–Trinajstić information content (AvgIpc) is 2.26. The van der Waals surface area contributed by atoms with Gasteiger partial charge in [-0.1, -0.05) is 105 Å². The van der Waals surface area contributed by atoms with Crippen molar-refractivity contribution in [1.82, 2.24) is 0 Å². The van der Waals surface area contributed by atoms with Crippen LogP contribution in [0.25, 0.3) is 0 Å². The molecule has 4 radical (unpaired) electrons. The van der Waals surface area contributed by atoms with E-state index < -0.39 is 44.6 Å². The molecule has 0 aliphatic heterocycles. The van der Waals surface area contributed by atoms with Crippen molar-refractivity contribution in [1.29, 1.82) is 0 Å². The van der Waals surface area contributed by atoms with Crippen molar-refractivity contribution < 1.29 is 0 Å². The predicted octanol–water partition coefficient (Wildman–Crippen LogP) is 9.04. The van der Waals surface area contributed by atoms with E-state index in [0.717, 1.165) is 0 Å². The molecular weight excluding hydrogens is 634 g/mol. The van der Waals surface area contributed by atoms with Crippen molar-refractivity contribution in [2.75, 3.05) is 0 Å². The first kappa shape index (κ1) is 39.3. The van der Waals surface area contributed by atoms with Crippen molar-refractivity contribution >= 4 is 88.0 Å². The molecule has 32 heavy (non-hydrogen) atoms. The second kappa shape index (κ2) is 14.1. The Balaban J connectivity index is -0.000000896. The third kappa shape index (κ3) is 14.5. The van der Waals surface area contributed by atoms with E-state index in [4.69, 9.17) is 0 Å². The Bertz CT molecular complexity index is 441. The Morgan fingerprint density at radius 1 is 0.312 bits per heavy atom. The van der Waals surface area contributed by atoms with Crippen LogP contribution in [0.2, 0.25) is 139 Å². The molecule has 0 bridgehead atoms. The van der Waals surface area contributed by atoms with Gasteiger partial charge >= 0.3 is 63.2 Å². The van der Waals surface area contributed by atoms with Crippen molar-refractivity contribution in [2.45, 2.75) is 139 Å². The van der Waals surface area contributed by atoms with E-state index in [0.29, 0.717) is 0 Å². The topological polar surface area (TPSA) is 0 Å². The maximum absolute atomic E-state index is 2.93. The Morgan fingerprint density at radius 3 is 0.469 bits per heavy atom. The average molecular weight is 701 g/mol. The molecule has 0 spiro atoms. The van der Waals surface area contributed by atoms with Gasteiger partial charge in [-0.3, -0.25) is 0 Å². The molecule has 10 heteroatoms. The molecular formula is C22H66Ge2Si8. The van der Waals surface area contributed by atoms with Gasteiger partial charge in [-0.25, -0.2) is 0 Å². The fourth-order valence-electron chi connectivity index (χ4n) is 6.62. The molecule has 0 saturated carbocycles. The zero-order valence-electron chi connectivity index (χ0n) is 27.0. The van der Waals surface area contributed by atoms with Crippen LogP contribution in [0.4, 0.5) is 0 Å². The molecule has 0 atom stereocenters. The summed E-state index contributed by atoms with van der Waals surface area (Å²) in [6, 6.07) is 0. The number of hydrogen-bond donors (Lipinski definition) is 0. The molecule has 0 aliphatic rings. The van der Waals surface area contributed by atoms with E-state index in [2.05, 4.69) is 139 Å². The fourth-order valence-corrected chi connectivity index (χ4v) is 273. The Kier molecular flexibility index (Phi) is 17.3. The van der Waals surface area contributed by atoms with E-state index >= 15 is 0 Å².